The number of hydrogen-bond donors (Lipinski definition) is 1. The zero-order valence-electron chi connectivity index (χ0n) is 12.3. The maximum atomic E-state index is 12.6. The first-order chi connectivity index (χ1) is 9.56. The number of ketones is 1. The third-order valence-electron chi connectivity index (χ3n) is 4.92. The predicted molar refractivity (Wildman–Crippen MR) is 75.9 cm³/mol. The van der Waals surface area contributed by atoms with Crippen LogP contribution in [-0.4, -0.2) is 26.6 Å². The Balaban J connectivity index is 1.69. The predicted octanol–water partition coefficient (Wildman–Crippen LogP) is 1.42. The Morgan fingerprint density at radius 3 is 2.85 bits per heavy atom. The smallest absolute Gasteiger partial charge is 0.145 e. The molecule has 0 amide bonds. The molecular formula is C15H24N4O. The summed E-state index contributed by atoms with van der Waals surface area (Å²) in [7, 11) is 0. The monoisotopic (exact) mass is 276 g/mol. The first-order valence-corrected chi connectivity index (χ1v) is 7.71. The van der Waals surface area contributed by atoms with Crippen LogP contribution < -0.4 is 5.73 Å². The van der Waals surface area contributed by atoms with Gasteiger partial charge in [0.2, 0.25) is 0 Å². The second-order valence-corrected chi connectivity index (χ2v) is 6.83. The molecule has 2 saturated carbocycles. The Hall–Kier alpha value is -1.23. The lowest BCUT2D eigenvalue weighted by atomic mass is 9.81. The summed E-state index contributed by atoms with van der Waals surface area (Å²) in [6.45, 7) is 5.09. The van der Waals surface area contributed by atoms with Crippen molar-refractivity contribution in [2.75, 3.05) is 0 Å². The van der Waals surface area contributed by atoms with E-state index in [1.165, 1.54) is 12.8 Å². The Morgan fingerprint density at radius 1 is 1.45 bits per heavy atom. The van der Waals surface area contributed by atoms with Gasteiger partial charge in [-0.05, 0) is 37.0 Å². The van der Waals surface area contributed by atoms with Crippen molar-refractivity contribution in [2.45, 2.75) is 52.1 Å². The number of nitrogens with zero attached hydrogens (tertiary/aromatic N) is 3. The van der Waals surface area contributed by atoms with Gasteiger partial charge in [-0.1, -0.05) is 13.8 Å². The van der Waals surface area contributed by atoms with Crippen LogP contribution in [-0.2, 0) is 17.8 Å². The normalized spacial score (nSPS) is 32.2. The SMILES string of the molecule is CC(C)Cn1ncnc1CC(=O)C1C2CCC(C2)C1N. The summed E-state index contributed by atoms with van der Waals surface area (Å²) in [6, 6.07) is 0.0720. The molecule has 2 bridgehead atoms. The zero-order valence-corrected chi connectivity index (χ0v) is 12.3. The van der Waals surface area contributed by atoms with Gasteiger partial charge in [-0.15, -0.1) is 0 Å². The van der Waals surface area contributed by atoms with Crippen molar-refractivity contribution in [3.05, 3.63) is 12.2 Å². The van der Waals surface area contributed by atoms with Crippen LogP contribution in [0.25, 0.3) is 0 Å². The van der Waals surface area contributed by atoms with Gasteiger partial charge in [0.25, 0.3) is 0 Å². The van der Waals surface area contributed by atoms with E-state index in [2.05, 4.69) is 23.9 Å². The minimum atomic E-state index is 0.0537. The molecule has 1 aromatic heterocycles. The Bertz CT molecular complexity index is 494. The second-order valence-electron chi connectivity index (χ2n) is 6.83. The molecule has 110 valence electrons. The first-order valence-electron chi connectivity index (χ1n) is 7.71. The van der Waals surface area contributed by atoms with Gasteiger partial charge in [-0.25, -0.2) is 9.67 Å². The highest BCUT2D eigenvalue weighted by atomic mass is 16.1. The second kappa shape index (κ2) is 5.28. The molecule has 4 unspecified atom stereocenters. The summed E-state index contributed by atoms with van der Waals surface area (Å²) in [4.78, 5) is 16.8. The third kappa shape index (κ3) is 2.39. The van der Waals surface area contributed by atoms with Gasteiger partial charge in [0, 0.05) is 18.5 Å². The number of nitrogens with two attached hydrogens (primary N) is 1. The summed E-state index contributed by atoms with van der Waals surface area (Å²) in [6.07, 6.45) is 5.46. The van der Waals surface area contributed by atoms with Gasteiger partial charge in [0.1, 0.15) is 17.9 Å². The lowest BCUT2D eigenvalue weighted by Crippen LogP contribution is -2.41. The molecule has 4 atom stereocenters. The Kier molecular flexibility index (Phi) is 3.63. The molecule has 0 saturated heterocycles. The van der Waals surface area contributed by atoms with E-state index in [4.69, 9.17) is 5.73 Å². The van der Waals surface area contributed by atoms with Crippen LogP contribution in [0.15, 0.2) is 6.33 Å². The van der Waals surface area contributed by atoms with E-state index >= 15 is 0 Å². The highest BCUT2D eigenvalue weighted by Gasteiger charge is 2.48. The molecule has 0 radical (unpaired) electrons. The molecule has 2 fully saturated rings. The van der Waals surface area contributed by atoms with E-state index in [-0.39, 0.29) is 17.7 Å². The molecule has 3 rings (SSSR count). The molecule has 0 spiro atoms. The number of Topliss-reactive ketones (excluding diaryl/α,β-unsaturated/α-hetero) is 1. The van der Waals surface area contributed by atoms with E-state index in [1.807, 2.05) is 4.68 Å². The minimum absolute atomic E-state index is 0.0537. The maximum absolute atomic E-state index is 12.6. The molecule has 5 nitrogen and oxygen atoms in total. The summed E-state index contributed by atoms with van der Waals surface area (Å²) in [5.41, 5.74) is 6.25. The molecule has 2 aliphatic rings. The topological polar surface area (TPSA) is 73.8 Å². The summed E-state index contributed by atoms with van der Waals surface area (Å²) in [5.74, 6) is 2.70. The quantitative estimate of drug-likeness (QED) is 0.882. The van der Waals surface area contributed by atoms with E-state index in [9.17, 15) is 4.79 Å². The van der Waals surface area contributed by atoms with Crippen LogP contribution >= 0.6 is 0 Å². The molecule has 1 heterocycles. The number of carbonyl (C=O) groups excluding carboxylic acids is 1. The average Bonchev–Trinajstić information content (AvgIpc) is 3.05. The first kappa shape index (κ1) is 13.7. The number of rotatable bonds is 5. The largest absolute Gasteiger partial charge is 0.327 e. The van der Waals surface area contributed by atoms with Crippen molar-refractivity contribution < 1.29 is 4.79 Å². The van der Waals surface area contributed by atoms with Crippen molar-refractivity contribution in [3.8, 4) is 0 Å². The highest BCUT2D eigenvalue weighted by Crippen LogP contribution is 2.48. The molecule has 0 aliphatic heterocycles. The Labute approximate surface area is 119 Å². The zero-order chi connectivity index (χ0) is 14.3. The van der Waals surface area contributed by atoms with E-state index in [0.717, 1.165) is 18.8 Å². The van der Waals surface area contributed by atoms with Crippen LogP contribution in [0.2, 0.25) is 0 Å². The van der Waals surface area contributed by atoms with E-state index in [0.29, 0.717) is 24.2 Å². The molecule has 0 aromatic carbocycles. The van der Waals surface area contributed by atoms with Crippen molar-refractivity contribution >= 4 is 5.78 Å². The number of carbonyl (C=O) groups is 1. The van der Waals surface area contributed by atoms with Crippen molar-refractivity contribution in [1.82, 2.24) is 14.8 Å². The van der Waals surface area contributed by atoms with Gasteiger partial charge >= 0.3 is 0 Å². The van der Waals surface area contributed by atoms with Gasteiger partial charge < -0.3 is 5.73 Å². The molecule has 2 aliphatic carbocycles. The standard InChI is InChI=1S/C15H24N4O/c1-9(2)7-19-13(17-8-18-19)6-12(20)14-10-3-4-11(5-10)15(14)16/h8-11,14-15H,3-7,16H2,1-2H3. The van der Waals surface area contributed by atoms with Crippen molar-refractivity contribution in [3.63, 3.8) is 0 Å². The van der Waals surface area contributed by atoms with Gasteiger partial charge in [-0.2, -0.15) is 5.10 Å². The van der Waals surface area contributed by atoms with Crippen LogP contribution in [0.5, 0.6) is 0 Å². The van der Waals surface area contributed by atoms with Gasteiger partial charge in [0.05, 0.1) is 6.42 Å². The van der Waals surface area contributed by atoms with Gasteiger partial charge in [0.15, 0.2) is 0 Å². The van der Waals surface area contributed by atoms with Crippen LogP contribution in [0.3, 0.4) is 0 Å². The van der Waals surface area contributed by atoms with Crippen LogP contribution in [0.4, 0.5) is 0 Å². The summed E-state index contributed by atoms with van der Waals surface area (Å²) in [5, 5.41) is 4.23. The maximum Gasteiger partial charge on any atom is 0.145 e. The number of hydrogen-bond acceptors (Lipinski definition) is 4. The average molecular weight is 276 g/mol. The summed E-state index contributed by atoms with van der Waals surface area (Å²) < 4.78 is 1.86. The van der Waals surface area contributed by atoms with E-state index in [1.54, 1.807) is 6.33 Å². The number of aromatic nitrogens is 3. The third-order valence-corrected chi connectivity index (χ3v) is 4.92. The fourth-order valence-corrected chi connectivity index (χ4v) is 4.01. The fraction of sp³-hybridized carbons (Fsp3) is 0.800. The molecular weight excluding hydrogens is 252 g/mol. The fourth-order valence-electron chi connectivity index (χ4n) is 4.01. The van der Waals surface area contributed by atoms with E-state index < -0.39 is 0 Å². The lowest BCUT2D eigenvalue weighted by molar-refractivity contribution is -0.124. The molecule has 5 heteroatoms. The van der Waals surface area contributed by atoms with Crippen molar-refractivity contribution in [1.29, 1.82) is 0 Å². The molecule has 2 N–H and O–H groups in total. The summed E-state index contributed by atoms with van der Waals surface area (Å²) >= 11 is 0. The highest BCUT2D eigenvalue weighted by molar-refractivity contribution is 5.84. The van der Waals surface area contributed by atoms with Crippen LogP contribution in [0.1, 0.15) is 38.9 Å². The number of fused-ring (bicyclic) bond motifs is 2. The van der Waals surface area contributed by atoms with Crippen LogP contribution in [0, 0.1) is 23.7 Å². The van der Waals surface area contributed by atoms with Crippen molar-refractivity contribution in [2.24, 2.45) is 29.4 Å². The Morgan fingerprint density at radius 2 is 2.20 bits per heavy atom. The minimum Gasteiger partial charge on any atom is -0.327 e. The van der Waals surface area contributed by atoms with Gasteiger partial charge in [-0.3, -0.25) is 4.79 Å². The molecule has 20 heavy (non-hydrogen) atoms. The molecule has 1 aromatic rings. The lowest BCUT2D eigenvalue weighted by Gasteiger charge is -2.26.